The van der Waals surface area contributed by atoms with Crippen molar-refractivity contribution in [2.24, 2.45) is 0 Å². The number of hydrogen-bond donors (Lipinski definition) is 1. The number of carbonyl (C=O) groups is 1. The molecule has 0 radical (unpaired) electrons. The number of fused-ring (bicyclic) bond motifs is 1. The number of esters is 1. The van der Waals surface area contributed by atoms with Gasteiger partial charge in [-0.15, -0.1) is 0 Å². The van der Waals surface area contributed by atoms with Crippen molar-refractivity contribution in [3.63, 3.8) is 0 Å². The van der Waals surface area contributed by atoms with Crippen molar-refractivity contribution in [3.8, 4) is 6.01 Å². The van der Waals surface area contributed by atoms with E-state index < -0.39 is 5.97 Å². The summed E-state index contributed by atoms with van der Waals surface area (Å²) in [5.74, 6) is 0.991. The Labute approximate surface area is 139 Å². The van der Waals surface area contributed by atoms with Crippen molar-refractivity contribution in [3.05, 3.63) is 41.0 Å². The predicted octanol–water partition coefficient (Wildman–Crippen LogP) is 2.70. The van der Waals surface area contributed by atoms with Crippen molar-refractivity contribution in [1.29, 1.82) is 0 Å². The fraction of sp³-hybridized carbons (Fsp3) is 0.353. The Morgan fingerprint density at radius 1 is 1.21 bits per heavy atom. The van der Waals surface area contributed by atoms with Gasteiger partial charge in [0, 0.05) is 18.5 Å². The predicted molar refractivity (Wildman–Crippen MR) is 87.4 cm³/mol. The number of hydrogen-bond acceptors (Lipinski definition) is 6. The van der Waals surface area contributed by atoms with Gasteiger partial charge < -0.3 is 19.2 Å². The Kier molecular flexibility index (Phi) is 4.50. The van der Waals surface area contributed by atoms with Gasteiger partial charge in [-0.1, -0.05) is 0 Å². The van der Waals surface area contributed by atoms with E-state index in [0.717, 1.165) is 22.5 Å². The highest BCUT2D eigenvalue weighted by Crippen LogP contribution is 2.20. The molecule has 0 spiro atoms. The van der Waals surface area contributed by atoms with Crippen LogP contribution in [0.1, 0.15) is 24.1 Å². The van der Waals surface area contributed by atoms with E-state index in [4.69, 9.17) is 14.2 Å². The van der Waals surface area contributed by atoms with Gasteiger partial charge in [-0.05, 0) is 37.6 Å². The van der Waals surface area contributed by atoms with E-state index >= 15 is 0 Å². The molecule has 0 amide bonds. The molecule has 0 aliphatic heterocycles. The molecule has 1 aliphatic rings. The van der Waals surface area contributed by atoms with Crippen molar-refractivity contribution >= 4 is 17.1 Å². The first-order chi connectivity index (χ1) is 11.5. The lowest BCUT2D eigenvalue weighted by Crippen LogP contribution is -2.16. The second-order valence-electron chi connectivity index (χ2n) is 5.55. The lowest BCUT2D eigenvalue weighted by Gasteiger charge is -2.13. The molecule has 1 aliphatic carbocycles. The van der Waals surface area contributed by atoms with Gasteiger partial charge in [0.25, 0.3) is 6.01 Å². The molecule has 3 rings (SSSR count). The van der Waals surface area contributed by atoms with Crippen LogP contribution < -0.4 is 4.74 Å². The number of pyridine rings is 1. The maximum Gasteiger partial charge on any atom is 0.349 e. The number of imidazole rings is 1. The molecule has 2 aromatic heterocycles. The summed E-state index contributed by atoms with van der Waals surface area (Å²) in [6, 6.07) is 2.21. The standard InChI is InChI=1S/C17H19N3O4/c1-10-8-11(2)18-16-15(10)19-17(20-16)23-9-14(21)24-13-6-4-12(22-3)5-7-13/h4,6,8H,5,7,9H2,1-3H3,(H,18,19,20). The summed E-state index contributed by atoms with van der Waals surface area (Å²) in [6.45, 7) is 3.64. The van der Waals surface area contributed by atoms with E-state index in [0.29, 0.717) is 24.2 Å². The molecule has 126 valence electrons. The maximum absolute atomic E-state index is 11.9. The van der Waals surface area contributed by atoms with Gasteiger partial charge >= 0.3 is 5.97 Å². The van der Waals surface area contributed by atoms with Crippen LogP contribution in [-0.4, -0.2) is 34.6 Å². The number of methoxy groups -OCH3 is 1. The van der Waals surface area contributed by atoms with Gasteiger partial charge in [0.15, 0.2) is 12.3 Å². The minimum Gasteiger partial charge on any atom is -0.501 e. The van der Waals surface area contributed by atoms with Gasteiger partial charge in [0.05, 0.1) is 18.4 Å². The molecule has 2 aromatic rings. The third kappa shape index (κ3) is 3.56. The van der Waals surface area contributed by atoms with E-state index in [-0.39, 0.29) is 12.6 Å². The first-order valence-electron chi connectivity index (χ1n) is 7.66. The molecule has 7 heteroatoms. The number of H-pyrrole nitrogens is 1. The van der Waals surface area contributed by atoms with Gasteiger partial charge in [-0.25, -0.2) is 9.78 Å². The minimum absolute atomic E-state index is 0.226. The molecule has 0 unspecified atom stereocenters. The van der Waals surface area contributed by atoms with Crippen LogP contribution in [0.25, 0.3) is 11.2 Å². The normalized spacial score (nSPS) is 14.1. The van der Waals surface area contributed by atoms with Crippen LogP contribution in [0.15, 0.2) is 29.7 Å². The Balaban J connectivity index is 1.60. The zero-order chi connectivity index (χ0) is 17.1. The van der Waals surface area contributed by atoms with E-state index in [1.54, 1.807) is 19.3 Å². The highest BCUT2D eigenvalue weighted by Gasteiger charge is 2.14. The molecule has 0 atom stereocenters. The highest BCUT2D eigenvalue weighted by molar-refractivity contribution is 5.76. The summed E-state index contributed by atoms with van der Waals surface area (Å²) in [4.78, 5) is 23.5. The van der Waals surface area contributed by atoms with Gasteiger partial charge in [-0.2, -0.15) is 4.98 Å². The average Bonchev–Trinajstić information content (AvgIpc) is 2.97. The van der Waals surface area contributed by atoms with E-state index in [9.17, 15) is 4.79 Å². The van der Waals surface area contributed by atoms with Crippen LogP contribution in [0.4, 0.5) is 0 Å². The van der Waals surface area contributed by atoms with E-state index in [1.165, 1.54) is 0 Å². The molecule has 24 heavy (non-hydrogen) atoms. The molecule has 1 N–H and O–H groups in total. The number of rotatable bonds is 5. The second kappa shape index (κ2) is 6.74. The van der Waals surface area contributed by atoms with Crippen molar-refractivity contribution in [2.45, 2.75) is 26.7 Å². The van der Waals surface area contributed by atoms with Gasteiger partial charge in [-0.3, -0.25) is 0 Å². The Morgan fingerprint density at radius 2 is 1.96 bits per heavy atom. The fourth-order valence-corrected chi connectivity index (χ4v) is 2.51. The van der Waals surface area contributed by atoms with Crippen LogP contribution in [0.2, 0.25) is 0 Å². The Bertz CT molecular complexity index is 836. The van der Waals surface area contributed by atoms with Crippen LogP contribution in [0.3, 0.4) is 0 Å². The van der Waals surface area contributed by atoms with Crippen molar-refractivity contribution in [2.75, 3.05) is 13.7 Å². The number of nitrogens with one attached hydrogen (secondary N) is 1. The van der Waals surface area contributed by atoms with Gasteiger partial charge in [0.2, 0.25) is 0 Å². The monoisotopic (exact) mass is 329 g/mol. The highest BCUT2D eigenvalue weighted by atomic mass is 16.6. The summed E-state index contributed by atoms with van der Waals surface area (Å²) in [7, 11) is 1.62. The van der Waals surface area contributed by atoms with Crippen molar-refractivity contribution < 1.29 is 19.0 Å². The number of ether oxygens (including phenoxy) is 3. The van der Waals surface area contributed by atoms with E-state index in [1.807, 2.05) is 19.9 Å². The summed E-state index contributed by atoms with van der Waals surface area (Å²) in [5, 5.41) is 0. The summed E-state index contributed by atoms with van der Waals surface area (Å²) in [5.41, 5.74) is 3.28. The largest absolute Gasteiger partial charge is 0.501 e. The lowest BCUT2D eigenvalue weighted by molar-refractivity contribution is -0.142. The molecule has 7 nitrogen and oxygen atoms in total. The SMILES string of the molecule is COC1=CC=C(OC(=O)COc2nc3nc(C)cc(C)c3[nH]2)CC1. The van der Waals surface area contributed by atoms with Crippen LogP contribution in [-0.2, 0) is 14.3 Å². The molecule has 0 saturated heterocycles. The number of aromatic nitrogens is 3. The number of carbonyl (C=O) groups excluding carboxylic acids is 1. The third-order valence-electron chi connectivity index (χ3n) is 3.67. The quantitative estimate of drug-likeness (QED) is 0.849. The molecule has 0 saturated carbocycles. The number of allylic oxidation sites excluding steroid dienone is 4. The van der Waals surface area contributed by atoms with Crippen LogP contribution in [0.5, 0.6) is 6.01 Å². The Morgan fingerprint density at radius 3 is 2.67 bits per heavy atom. The Hall–Kier alpha value is -2.83. The first kappa shape index (κ1) is 16.0. The lowest BCUT2D eigenvalue weighted by atomic mass is 10.1. The second-order valence-corrected chi connectivity index (χ2v) is 5.55. The summed E-state index contributed by atoms with van der Waals surface area (Å²) in [6.07, 6.45) is 4.86. The number of aromatic amines is 1. The topological polar surface area (TPSA) is 86.3 Å². The summed E-state index contributed by atoms with van der Waals surface area (Å²) >= 11 is 0. The average molecular weight is 329 g/mol. The zero-order valence-electron chi connectivity index (χ0n) is 13.9. The number of nitrogens with zero attached hydrogens (tertiary/aromatic N) is 2. The van der Waals surface area contributed by atoms with Crippen molar-refractivity contribution in [1.82, 2.24) is 15.0 Å². The third-order valence-corrected chi connectivity index (χ3v) is 3.67. The maximum atomic E-state index is 11.9. The number of aryl methyl sites for hydroxylation is 2. The minimum atomic E-state index is -0.475. The van der Waals surface area contributed by atoms with Gasteiger partial charge in [0.1, 0.15) is 5.76 Å². The smallest absolute Gasteiger partial charge is 0.349 e. The van der Waals surface area contributed by atoms with E-state index in [2.05, 4.69) is 15.0 Å². The molecule has 0 aromatic carbocycles. The van der Waals surface area contributed by atoms with Crippen LogP contribution >= 0.6 is 0 Å². The molecular weight excluding hydrogens is 310 g/mol. The molecule has 2 heterocycles. The van der Waals surface area contributed by atoms with Crippen LogP contribution in [0, 0.1) is 13.8 Å². The first-order valence-corrected chi connectivity index (χ1v) is 7.66. The zero-order valence-corrected chi connectivity index (χ0v) is 13.9. The molecular formula is C17H19N3O4. The fourth-order valence-electron chi connectivity index (χ4n) is 2.51. The molecule has 0 fully saturated rings. The molecule has 0 bridgehead atoms. The summed E-state index contributed by atoms with van der Waals surface area (Å²) < 4.78 is 15.8.